The van der Waals surface area contributed by atoms with Crippen LogP contribution in [0.1, 0.15) is 22.6 Å². The molecule has 2 aromatic carbocycles. The Morgan fingerprint density at radius 1 is 1.14 bits per heavy atom. The number of thiocarbonyl (C=S) groups is 1. The van der Waals surface area contributed by atoms with Crippen LogP contribution in [0.4, 0.5) is 5.69 Å². The average molecular weight is 423 g/mol. The molecule has 1 aliphatic heterocycles. The van der Waals surface area contributed by atoms with Crippen molar-refractivity contribution in [2.75, 3.05) is 4.90 Å². The fraction of sp³-hybridized carbons (Fsp3) is 0.136. The molecule has 7 heteroatoms. The third kappa shape index (κ3) is 4.11. The SMILES string of the molecule is Cc1noc(C)c1COc1ccc(C=C2SC(=S)N(c3ccccc3)C2=O)cc1. The minimum Gasteiger partial charge on any atom is -0.489 e. The van der Waals surface area contributed by atoms with Crippen molar-refractivity contribution >= 4 is 46.0 Å². The Hall–Kier alpha value is -2.90. The molecule has 2 heterocycles. The smallest absolute Gasteiger partial charge is 0.270 e. The van der Waals surface area contributed by atoms with Crippen LogP contribution in [0.5, 0.6) is 5.75 Å². The fourth-order valence-corrected chi connectivity index (χ4v) is 4.24. The number of rotatable bonds is 5. The van der Waals surface area contributed by atoms with E-state index in [9.17, 15) is 4.79 Å². The lowest BCUT2D eigenvalue weighted by molar-refractivity contribution is -0.113. The highest BCUT2D eigenvalue weighted by Gasteiger charge is 2.33. The summed E-state index contributed by atoms with van der Waals surface area (Å²) in [6, 6.07) is 17.0. The number of anilines is 1. The molecule has 4 rings (SSSR count). The number of amides is 1. The lowest BCUT2D eigenvalue weighted by Crippen LogP contribution is -2.27. The van der Waals surface area contributed by atoms with Crippen LogP contribution < -0.4 is 9.64 Å². The van der Waals surface area contributed by atoms with Crippen LogP contribution >= 0.6 is 24.0 Å². The van der Waals surface area contributed by atoms with E-state index in [1.54, 1.807) is 4.90 Å². The maximum Gasteiger partial charge on any atom is 0.270 e. The van der Waals surface area contributed by atoms with Gasteiger partial charge >= 0.3 is 0 Å². The van der Waals surface area contributed by atoms with E-state index in [2.05, 4.69) is 5.16 Å². The van der Waals surface area contributed by atoms with Gasteiger partial charge in [-0.2, -0.15) is 0 Å². The van der Waals surface area contributed by atoms with Crippen LogP contribution in [0.3, 0.4) is 0 Å². The summed E-state index contributed by atoms with van der Waals surface area (Å²) in [4.78, 5) is 15.0. The van der Waals surface area contributed by atoms with Gasteiger partial charge in [0.2, 0.25) is 0 Å². The summed E-state index contributed by atoms with van der Waals surface area (Å²) in [6.45, 7) is 4.16. The summed E-state index contributed by atoms with van der Waals surface area (Å²) in [7, 11) is 0. The zero-order valence-electron chi connectivity index (χ0n) is 15.9. The Morgan fingerprint density at radius 3 is 2.52 bits per heavy atom. The van der Waals surface area contributed by atoms with Crippen LogP contribution in [0.25, 0.3) is 6.08 Å². The number of para-hydroxylation sites is 1. The van der Waals surface area contributed by atoms with Gasteiger partial charge in [0.05, 0.1) is 21.8 Å². The van der Waals surface area contributed by atoms with Crippen molar-refractivity contribution in [2.24, 2.45) is 0 Å². The quantitative estimate of drug-likeness (QED) is 0.412. The van der Waals surface area contributed by atoms with Crippen molar-refractivity contribution in [3.05, 3.63) is 82.1 Å². The van der Waals surface area contributed by atoms with Crippen molar-refractivity contribution in [3.63, 3.8) is 0 Å². The predicted molar refractivity (Wildman–Crippen MR) is 119 cm³/mol. The zero-order chi connectivity index (χ0) is 20.4. The molecule has 0 bridgehead atoms. The lowest BCUT2D eigenvalue weighted by atomic mass is 10.2. The second kappa shape index (κ2) is 8.23. The molecule has 1 aromatic heterocycles. The van der Waals surface area contributed by atoms with E-state index in [0.29, 0.717) is 15.8 Å². The van der Waals surface area contributed by atoms with E-state index in [0.717, 1.165) is 34.0 Å². The number of ether oxygens (including phenoxy) is 1. The maximum absolute atomic E-state index is 12.8. The molecule has 3 aromatic rings. The first-order valence-electron chi connectivity index (χ1n) is 9.00. The van der Waals surface area contributed by atoms with Crippen LogP contribution in [0.15, 0.2) is 64.0 Å². The second-order valence-electron chi connectivity index (χ2n) is 6.51. The first kappa shape index (κ1) is 19.4. The molecule has 0 aliphatic carbocycles. The van der Waals surface area contributed by atoms with Gasteiger partial charge in [-0.15, -0.1) is 0 Å². The third-order valence-corrected chi connectivity index (χ3v) is 5.85. The summed E-state index contributed by atoms with van der Waals surface area (Å²) in [5.41, 5.74) is 3.47. The van der Waals surface area contributed by atoms with E-state index in [1.165, 1.54) is 11.8 Å². The number of thioether (sulfide) groups is 1. The largest absolute Gasteiger partial charge is 0.489 e. The number of hydrogen-bond acceptors (Lipinski definition) is 6. The number of aryl methyl sites for hydroxylation is 2. The summed E-state index contributed by atoms with van der Waals surface area (Å²) in [5.74, 6) is 1.39. The molecule has 1 amide bonds. The van der Waals surface area contributed by atoms with E-state index in [4.69, 9.17) is 21.5 Å². The van der Waals surface area contributed by atoms with Crippen molar-refractivity contribution in [1.82, 2.24) is 5.16 Å². The number of nitrogens with zero attached hydrogens (tertiary/aromatic N) is 2. The van der Waals surface area contributed by atoms with Crippen LogP contribution in [0.2, 0.25) is 0 Å². The molecule has 146 valence electrons. The molecule has 0 radical (unpaired) electrons. The molecule has 0 atom stereocenters. The Morgan fingerprint density at radius 2 is 1.86 bits per heavy atom. The van der Waals surface area contributed by atoms with Crippen molar-refractivity contribution in [2.45, 2.75) is 20.5 Å². The molecule has 29 heavy (non-hydrogen) atoms. The molecule has 0 saturated carbocycles. The van der Waals surface area contributed by atoms with Gasteiger partial charge in [0.1, 0.15) is 18.1 Å². The summed E-state index contributed by atoms with van der Waals surface area (Å²) < 4.78 is 11.5. The minimum atomic E-state index is -0.107. The van der Waals surface area contributed by atoms with Gasteiger partial charge in [-0.25, -0.2) is 0 Å². The topological polar surface area (TPSA) is 55.6 Å². The highest BCUT2D eigenvalue weighted by Crippen LogP contribution is 2.36. The average Bonchev–Trinajstić information content (AvgIpc) is 3.19. The first-order valence-corrected chi connectivity index (χ1v) is 10.2. The van der Waals surface area contributed by atoms with Gasteiger partial charge in [-0.1, -0.05) is 59.5 Å². The normalized spacial score (nSPS) is 15.4. The zero-order valence-corrected chi connectivity index (χ0v) is 17.5. The first-order chi connectivity index (χ1) is 14.0. The number of aromatic nitrogens is 1. The summed E-state index contributed by atoms with van der Waals surface area (Å²) in [6.07, 6.45) is 1.85. The van der Waals surface area contributed by atoms with E-state index >= 15 is 0 Å². The Balaban J connectivity index is 1.46. The molecule has 1 aliphatic rings. The minimum absolute atomic E-state index is 0.107. The van der Waals surface area contributed by atoms with Crippen LogP contribution in [-0.4, -0.2) is 15.4 Å². The molecular formula is C22H18N2O3S2. The highest BCUT2D eigenvalue weighted by atomic mass is 32.2. The second-order valence-corrected chi connectivity index (χ2v) is 8.19. The molecule has 0 N–H and O–H groups in total. The van der Waals surface area contributed by atoms with Crippen molar-refractivity contribution in [3.8, 4) is 5.75 Å². The molecule has 5 nitrogen and oxygen atoms in total. The van der Waals surface area contributed by atoms with E-state index in [-0.39, 0.29) is 5.91 Å². The molecular weight excluding hydrogens is 404 g/mol. The maximum atomic E-state index is 12.8. The van der Waals surface area contributed by atoms with Gasteiger partial charge < -0.3 is 9.26 Å². The van der Waals surface area contributed by atoms with E-state index < -0.39 is 0 Å². The Bertz CT molecular complexity index is 1070. The van der Waals surface area contributed by atoms with Gasteiger partial charge in [0.25, 0.3) is 5.91 Å². The van der Waals surface area contributed by atoms with Crippen LogP contribution in [-0.2, 0) is 11.4 Å². The summed E-state index contributed by atoms with van der Waals surface area (Å²) in [5, 5.41) is 3.93. The molecule has 0 unspecified atom stereocenters. The fourth-order valence-electron chi connectivity index (χ4n) is 2.94. The van der Waals surface area contributed by atoms with Crippen molar-refractivity contribution in [1.29, 1.82) is 0 Å². The number of benzene rings is 2. The van der Waals surface area contributed by atoms with E-state index in [1.807, 2.05) is 74.5 Å². The summed E-state index contributed by atoms with van der Waals surface area (Å²) >= 11 is 6.71. The van der Waals surface area contributed by atoms with Gasteiger partial charge in [0.15, 0.2) is 4.32 Å². The van der Waals surface area contributed by atoms with Crippen LogP contribution in [0, 0.1) is 13.8 Å². The van der Waals surface area contributed by atoms with Gasteiger partial charge in [0, 0.05) is 0 Å². The van der Waals surface area contributed by atoms with Gasteiger partial charge in [-0.05, 0) is 49.8 Å². The Labute approximate surface area is 178 Å². The lowest BCUT2D eigenvalue weighted by Gasteiger charge is -2.13. The van der Waals surface area contributed by atoms with Gasteiger partial charge in [-0.3, -0.25) is 9.69 Å². The number of hydrogen-bond donors (Lipinski definition) is 0. The number of carbonyl (C=O) groups excluding carboxylic acids is 1. The predicted octanol–water partition coefficient (Wildman–Crippen LogP) is 5.28. The molecule has 0 spiro atoms. The monoisotopic (exact) mass is 422 g/mol. The molecule has 1 saturated heterocycles. The Kier molecular flexibility index (Phi) is 5.51. The van der Waals surface area contributed by atoms with Crippen molar-refractivity contribution < 1.29 is 14.1 Å². The molecule has 1 fully saturated rings. The number of carbonyl (C=O) groups is 1. The standard InChI is InChI=1S/C22H18N2O3S2/c1-14-19(15(2)27-23-14)13-26-18-10-8-16(9-11-18)12-20-21(25)24(22(28)29-20)17-6-4-3-5-7-17/h3-12H,13H2,1-2H3. The highest BCUT2D eigenvalue weighted by molar-refractivity contribution is 8.27. The third-order valence-electron chi connectivity index (χ3n) is 4.55.